The van der Waals surface area contributed by atoms with E-state index in [0.717, 1.165) is 37.4 Å². The fourth-order valence-electron chi connectivity index (χ4n) is 2.10. The fraction of sp³-hybridized carbons (Fsp3) is 0.571. The molecular formula is C14H22FNO2. The van der Waals surface area contributed by atoms with Crippen molar-refractivity contribution in [3.8, 4) is 5.75 Å². The number of rotatable bonds is 8. The van der Waals surface area contributed by atoms with Crippen LogP contribution in [-0.2, 0) is 6.54 Å². The number of phenols is 1. The standard InChI is InChI=1S/C14H22FNO2/c1-2-3-11(4-5-17)9-16-10-12-6-13(15)8-14(18)7-12/h6-8,11,16-18H,2-5,9-10H2,1H3. The van der Waals surface area contributed by atoms with Crippen molar-refractivity contribution in [2.45, 2.75) is 32.7 Å². The molecular weight excluding hydrogens is 233 g/mol. The molecule has 0 aliphatic heterocycles. The lowest BCUT2D eigenvalue weighted by Crippen LogP contribution is -2.23. The second kappa shape index (κ2) is 8.06. The number of aromatic hydroxyl groups is 1. The van der Waals surface area contributed by atoms with Gasteiger partial charge in [0.05, 0.1) is 0 Å². The highest BCUT2D eigenvalue weighted by atomic mass is 19.1. The normalized spacial score (nSPS) is 12.6. The Hall–Kier alpha value is -1.13. The van der Waals surface area contributed by atoms with Crippen LogP contribution in [0, 0.1) is 11.7 Å². The summed E-state index contributed by atoms with van der Waals surface area (Å²) in [6.07, 6.45) is 2.95. The molecule has 0 bridgehead atoms. The van der Waals surface area contributed by atoms with Gasteiger partial charge >= 0.3 is 0 Å². The molecule has 0 aromatic heterocycles. The van der Waals surface area contributed by atoms with E-state index in [0.29, 0.717) is 12.5 Å². The van der Waals surface area contributed by atoms with E-state index < -0.39 is 5.82 Å². The minimum Gasteiger partial charge on any atom is -0.508 e. The van der Waals surface area contributed by atoms with Gasteiger partial charge in [-0.3, -0.25) is 0 Å². The highest BCUT2D eigenvalue weighted by molar-refractivity contribution is 5.28. The molecule has 3 N–H and O–H groups in total. The molecule has 1 rings (SSSR count). The maximum atomic E-state index is 13.0. The van der Waals surface area contributed by atoms with Gasteiger partial charge in [0.15, 0.2) is 0 Å². The highest BCUT2D eigenvalue weighted by Gasteiger charge is 2.07. The molecule has 1 unspecified atom stereocenters. The van der Waals surface area contributed by atoms with E-state index in [1.165, 1.54) is 6.07 Å². The van der Waals surface area contributed by atoms with Crippen molar-refractivity contribution >= 4 is 0 Å². The fourth-order valence-corrected chi connectivity index (χ4v) is 2.10. The van der Waals surface area contributed by atoms with Crippen LogP contribution in [0.3, 0.4) is 0 Å². The first-order valence-corrected chi connectivity index (χ1v) is 6.45. The molecule has 0 radical (unpaired) electrons. The van der Waals surface area contributed by atoms with E-state index in [9.17, 15) is 9.50 Å². The zero-order chi connectivity index (χ0) is 13.4. The molecule has 0 aliphatic carbocycles. The Balaban J connectivity index is 2.39. The Morgan fingerprint density at radius 1 is 1.28 bits per heavy atom. The average molecular weight is 255 g/mol. The molecule has 0 heterocycles. The summed E-state index contributed by atoms with van der Waals surface area (Å²) in [6, 6.07) is 4.06. The van der Waals surface area contributed by atoms with Crippen LogP contribution in [-0.4, -0.2) is 23.4 Å². The topological polar surface area (TPSA) is 52.5 Å². The minimum absolute atomic E-state index is 0.0488. The third-order valence-corrected chi connectivity index (χ3v) is 2.94. The summed E-state index contributed by atoms with van der Waals surface area (Å²) in [7, 11) is 0. The maximum Gasteiger partial charge on any atom is 0.127 e. The summed E-state index contributed by atoms with van der Waals surface area (Å²) in [5.41, 5.74) is 0.728. The minimum atomic E-state index is -0.424. The van der Waals surface area contributed by atoms with Crippen LogP contribution in [0.1, 0.15) is 31.7 Å². The Morgan fingerprint density at radius 3 is 2.67 bits per heavy atom. The Bertz CT molecular complexity index is 331. The number of aliphatic hydroxyl groups is 1. The van der Waals surface area contributed by atoms with Gasteiger partial charge in [-0.2, -0.15) is 0 Å². The summed E-state index contributed by atoms with van der Waals surface area (Å²) in [4.78, 5) is 0. The van der Waals surface area contributed by atoms with Crippen molar-refractivity contribution in [1.29, 1.82) is 0 Å². The second-order valence-corrected chi connectivity index (χ2v) is 4.62. The monoisotopic (exact) mass is 255 g/mol. The Morgan fingerprint density at radius 2 is 2.06 bits per heavy atom. The predicted octanol–water partition coefficient (Wildman–Crippen LogP) is 2.42. The van der Waals surface area contributed by atoms with Crippen molar-refractivity contribution in [2.75, 3.05) is 13.2 Å². The number of aliphatic hydroxyl groups excluding tert-OH is 1. The van der Waals surface area contributed by atoms with E-state index >= 15 is 0 Å². The summed E-state index contributed by atoms with van der Waals surface area (Å²) in [5.74, 6) is -0.0262. The molecule has 18 heavy (non-hydrogen) atoms. The van der Waals surface area contributed by atoms with E-state index in [2.05, 4.69) is 12.2 Å². The first-order valence-electron chi connectivity index (χ1n) is 6.45. The third kappa shape index (κ3) is 5.47. The van der Waals surface area contributed by atoms with Gasteiger partial charge in [-0.1, -0.05) is 13.3 Å². The van der Waals surface area contributed by atoms with Gasteiger partial charge in [0.1, 0.15) is 11.6 Å². The maximum absolute atomic E-state index is 13.0. The summed E-state index contributed by atoms with van der Waals surface area (Å²) in [5, 5.41) is 21.4. The SMILES string of the molecule is CCCC(CCO)CNCc1cc(O)cc(F)c1. The molecule has 0 spiro atoms. The zero-order valence-corrected chi connectivity index (χ0v) is 10.8. The van der Waals surface area contributed by atoms with Crippen LogP contribution in [0.5, 0.6) is 5.75 Å². The lowest BCUT2D eigenvalue weighted by atomic mass is 10.0. The molecule has 3 nitrogen and oxygen atoms in total. The number of hydrogen-bond acceptors (Lipinski definition) is 3. The van der Waals surface area contributed by atoms with Gasteiger partial charge in [-0.25, -0.2) is 4.39 Å². The largest absolute Gasteiger partial charge is 0.508 e. The van der Waals surface area contributed by atoms with E-state index in [1.807, 2.05) is 0 Å². The molecule has 1 aromatic rings. The molecule has 0 aliphatic rings. The quantitative estimate of drug-likeness (QED) is 0.668. The van der Waals surface area contributed by atoms with Crippen molar-refractivity contribution in [1.82, 2.24) is 5.32 Å². The van der Waals surface area contributed by atoms with Crippen LogP contribution in [0.25, 0.3) is 0 Å². The first-order chi connectivity index (χ1) is 8.65. The first kappa shape index (κ1) is 14.9. The highest BCUT2D eigenvalue weighted by Crippen LogP contribution is 2.15. The van der Waals surface area contributed by atoms with Crippen molar-refractivity contribution in [2.24, 2.45) is 5.92 Å². The molecule has 0 fully saturated rings. The number of benzene rings is 1. The lowest BCUT2D eigenvalue weighted by molar-refractivity contribution is 0.248. The van der Waals surface area contributed by atoms with Gasteiger partial charge in [-0.05, 0) is 43.0 Å². The Labute approximate surface area is 108 Å². The van der Waals surface area contributed by atoms with Gasteiger partial charge in [0.2, 0.25) is 0 Å². The van der Waals surface area contributed by atoms with Crippen LogP contribution in [0.15, 0.2) is 18.2 Å². The van der Waals surface area contributed by atoms with Gasteiger partial charge in [0, 0.05) is 19.2 Å². The number of nitrogens with one attached hydrogen (secondary N) is 1. The lowest BCUT2D eigenvalue weighted by Gasteiger charge is -2.15. The van der Waals surface area contributed by atoms with Gasteiger partial charge in [-0.15, -0.1) is 0 Å². The summed E-state index contributed by atoms with van der Waals surface area (Å²) < 4.78 is 13.0. The number of halogens is 1. The molecule has 0 saturated heterocycles. The Kier molecular flexibility index (Phi) is 6.68. The summed E-state index contributed by atoms with van der Waals surface area (Å²) >= 11 is 0. The molecule has 0 amide bonds. The molecule has 1 aromatic carbocycles. The third-order valence-electron chi connectivity index (χ3n) is 2.94. The molecule has 1 atom stereocenters. The number of phenolic OH excluding ortho intramolecular Hbond substituents is 1. The van der Waals surface area contributed by atoms with Crippen LogP contribution in [0.4, 0.5) is 4.39 Å². The second-order valence-electron chi connectivity index (χ2n) is 4.62. The van der Waals surface area contributed by atoms with E-state index in [1.54, 1.807) is 6.07 Å². The van der Waals surface area contributed by atoms with E-state index in [-0.39, 0.29) is 12.4 Å². The van der Waals surface area contributed by atoms with E-state index in [4.69, 9.17) is 5.11 Å². The molecule has 4 heteroatoms. The van der Waals surface area contributed by atoms with Crippen LogP contribution < -0.4 is 5.32 Å². The van der Waals surface area contributed by atoms with Crippen molar-refractivity contribution < 1.29 is 14.6 Å². The van der Waals surface area contributed by atoms with Gasteiger partial charge in [0.25, 0.3) is 0 Å². The average Bonchev–Trinajstić information content (AvgIpc) is 2.28. The molecule has 102 valence electrons. The van der Waals surface area contributed by atoms with Crippen LogP contribution in [0.2, 0.25) is 0 Å². The number of hydrogen-bond donors (Lipinski definition) is 3. The zero-order valence-electron chi connectivity index (χ0n) is 10.8. The smallest absolute Gasteiger partial charge is 0.127 e. The molecule has 0 saturated carbocycles. The van der Waals surface area contributed by atoms with Crippen molar-refractivity contribution in [3.05, 3.63) is 29.6 Å². The predicted molar refractivity (Wildman–Crippen MR) is 69.9 cm³/mol. The summed E-state index contributed by atoms with van der Waals surface area (Å²) in [6.45, 7) is 3.64. The van der Waals surface area contributed by atoms with Crippen molar-refractivity contribution in [3.63, 3.8) is 0 Å². The van der Waals surface area contributed by atoms with Crippen LogP contribution >= 0.6 is 0 Å². The van der Waals surface area contributed by atoms with Gasteiger partial charge < -0.3 is 15.5 Å².